The second-order valence-electron chi connectivity index (χ2n) is 11.2. The van der Waals surface area contributed by atoms with E-state index in [0.717, 1.165) is 16.5 Å². The molecule has 5 rings (SSSR count). The zero-order valence-electron chi connectivity index (χ0n) is 23.8. The van der Waals surface area contributed by atoms with Gasteiger partial charge in [0.2, 0.25) is 5.95 Å². The molecule has 1 aromatic carbocycles. The minimum Gasteiger partial charge on any atom is -0.394 e. The maximum Gasteiger partial charge on any atom is 0.227 e. The SMILES string of the molecule is CCS(=O)(=O)CC1CN(c2ccc(C(C)C)c3cc(Nc4ccnc(N5CC[C@H](OCCO)[C@H](F)C5)n4)ncc23)C1. The summed E-state index contributed by atoms with van der Waals surface area (Å²) in [5.74, 6) is 2.48. The summed E-state index contributed by atoms with van der Waals surface area (Å²) >= 11 is 0. The van der Waals surface area contributed by atoms with Crippen molar-refractivity contribution < 1.29 is 22.7 Å². The Hall–Kier alpha value is -3.09. The highest BCUT2D eigenvalue weighted by Gasteiger charge is 2.32. The van der Waals surface area contributed by atoms with E-state index in [-0.39, 0.29) is 37.2 Å². The lowest BCUT2D eigenvalue weighted by Crippen LogP contribution is -2.49. The van der Waals surface area contributed by atoms with Crippen LogP contribution in [0.25, 0.3) is 10.8 Å². The highest BCUT2D eigenvalue weighted by atomic mass is 32.2. The first-order valence-corrected chi connectivity index (χ1v) is 16.1. The van der Waals surface area contributed by atoms with Gasteiger partial charge in [0, 0.05) is 54.8 Å². The standard InChI is InChI=1S/C29H39FN6O4S/c1-4-41(38,39)18-20-15-36(16-20)25-6-5-21(19(2)3)22-13-28(32-14-23(22)25)33-27-7-9-31-29(34-27)35-10-8-26(24(30)17-35)40-12-11-37/h5-7,9,13-14,19-20,24,26,37H,4,8,10-12,15-18H2,1-3H3,(H,31,32,33,34)/t24-,26+/m1/s1. The fourth-order valence-corrected chi connectivity index (χ4v) is 6.77. The highest BCUT2D eigenvalue weighted by molar-refractivity contribution is 7.91. The van der Waals surface area contributed by atoms with E-state index in [0.29, 0.717) is 49.6 Å². The van der Waals surface area contributed by atoms with Crippen molar-refractivity contribution in [2.75, 3.05) is 66.0 Å². The number of sulfone groups is 1. The normalized spacial score (nSPS) is 20.0. The molecule has 4 heterocycles. The molecule has 2 fully saturated rings. The highest BCUT2D eigenvalue weighted by Crippen LogP contribution is 2.37. The van der Waals surface area contributed by atoms with Crippen molar-refractivity contribution in [2.45, 2.75) is 45.4 Å². The van der Waals surface area contributed by atoms with E-state index in [4.69, 9.17) is 9.84 Å². The Kier molecular flexibility index (Phi) is 8.91. The molecule has 2 N–H and O–H groups in total. The molecule has 12 heteroatoms. The van der Waals surface area contributed by atoms with Crippen LogP contribution in [0.15, 0.2) is 36.7 Å². The number of hydrogen-bond donors (Lipinski definition) is 2. The number of fused-ring (bicyclic) bond motifs is 1. The Bertz CT molecular complexity index is 1470. The maximum atomic E-state index is 14.7. The average Bonchev–Trinajstić information content (AvgIpc) is 2.93. The lowest BCUT2D eigenvalue weighted by atomic mass is 9.93. The number of pyridine rings is 1. The van der Waals surface area contributed by atoms with Crippen molar-refractivity contribution in [3.05, 3.63) is 42.2 Å². The van der Waals surface area contributed by atoms with Gasteiger partial charge in [-0.2, -0.15) is 4.98 Å². The Morgan fingerprint density at radius 2 is 1.93 bits per heavy atom. The van der Waals surface area contributed by atoms with Gasteiger partial charge in [-0.3, -0.25) is 0 Å². The first-order valence-electron chi connectivity index (χ1n) is 14.3. The minimum atomic E-state index is -2.99. The summed E-state index contributed by atoms with van der Waals surface area (Å²) in [4.78, 5) is 17.7. The van der Waals surface area contributed by atoms with Gasteiger partial charge in [0.05, 0.1) is 31.6 Å². The van der Waals surface area contributed by atoms with Crippen LogP contribution in [0.4, 0.5) is 27.7 Å². The first-order chi connectivity index (χ1) is 19.7. The Labute approximate surface area is 240 Å². The number of benzene rings is 1. The molecule has 0 amide bonds. The molecule has 2 aliphatic heterocycles. The molecule has 0 saturated carbocycles. The van der Waals surface area contributed by atoms with Crippen LogP contribution in [0.5, 0.6) is 0 Å². The number of piperidine rings is 1. The van der Waals surface area contributed by atoms with Crippen LogP contribution in [-0.2, 0) is 14.6 Å². The monoisotopic (exact) mass is 586 g/mol. The molecule has 3 aromatic rings. The molecule has 41 heavy (non-hydrogen) atoms. The van der Waals surface area contributed by atoms with E-state index in [1.807, 2.05) is 12.3 Å². The van der Waals surface area contributed by atoms with E-state index in [1.165, 1.54) is 5.56 Å². The number of hydrogen-bond acceptors (Lipinski definition) is 10. The Morgan fingerprint density at radius 3 is 2.63 bits per heavy atom. The van der Waals surface area contributed by atoms with Crippen molar-refractivity contribution in [2.24, 2.45) is 5.92 Å². The van der Waals surface area contributed by atoms with Crippen LogP contribution >= 0.6 is 0 Å². The van der Waals surface area contributed by atoms with Crippen LogP contribution in [0, 0.1) is 5.92 Å². The van der Waals surface area contributed by atoms with E-state index in [9.17, 15) is 12.8 Å². The topological polar surface area (TPSA) is 121 Å². The minimum absolute atomic E-state index is 0.121. The van der Waals surface area contributed by atoms with Crippen LogP contribution in [0.1, 0.15) is 38.7 Å². The number of nitrogens with zero attached hydrogens (tertiary/aromatic N) is 5. The van der Waals surface area contributed by atoms with E-state index in [2.05, 4.69) is 51.1 Å². The second-order valence-corrected chi connectivity index (χ2v) is 13.6. The van der Waals surface area contributed by atoms with Gasteiger partial charge in [0.25, 0.3) is 0 Å². The number of anilines is 4. The average molecular weight is 587 g/mol. The third-order valence-corrected chi connectivity index (χ3v) is 9.71. The van der Waals surface area contributed by atoms with Crippen LogP contribution in [0.3, 0.4) is 0 Å². The van der Waals surface area contributed by atoms with Crippen molar-refractivity contribution in [3.8, 4) is 0 Å². The fraction of sp³-hybridized carbons (Fsp3) is 0.552. The zero-order chi connectivity index (χ0) is 29.1. The quantitative estimate of drug-likeness (QED) is 0.344. The van der Waals surface area contributed by atoms with Gasteiger partial charge in [-0.1, -0.05) is 26.8 Å². The summed E-state index contributed by atoms with van der Waals surface area (Å²) in [5, 5.41) is 14.4. The van der Waals surface area contributed by atoms with Crippen LogP contribution in [0.2, 0.25) is 0 Å². The smallest absolute Gasteiger partial charge is 0.227 e. The van der Waals surface area contributed by atoms with Crippen molar-refractivity contribution in [3.63, 3.8) is 0 Å². The summed E-state index contributed by atoms with van der Waals surface area (Å²) in [6.07, 6.45) is 2.26. The molecule has 2 saturated heterocycles. The molecule has 2 aliphatic rings. The van der Waals surface area contributed by atoms with Crippen molar-refractivity contribution in [1.29, 1.82) is 0 Å². The summed E-state index contributed by atoms with van der Waals surface area (Å²) in [7, 11) is -2.99. The zero-order valence-corrected chi connectivity index (χ0v) is 24.6. The van der Waals surface area contributed by atoms with Gasteiger partial charge in [-0.05, 0) is 41.5 Å². The molecule has 2 aromatic heterocycles. The second kappa shape index (κ2) is 12.4. The maximum absolute atomic E-state index is 14.7. The van der Waals surface area contributed by atoms with E-state index in [1.54, 1.807) is 24.1 Å². The van der Waals surface area contributed by atoms with Gasteiger partial charge < -0.3 is 25.0 Å². The largest absolute Gasteiger partial charge is 0.394 e. The van der Waals surface area contributed by atoms with Gasteiger partial charge >= 0.3 is 0 Å². The van der Waals surface area contributed by atoms with Crippen molar-refractivity contribution in [1.82, 2.24) is 15.0 Å². The number of nitrogens with one attached hydrogen (secondary N) is 1. The predicted octanol–water partition coefficient (Wildman–Crippen LogP) is 3.69. The van der Waals surface area contributed by atoms with Crippen molar-refractivity contribution >= 4 is 43.9 Å². The van der Waals surface area contributed by atoms with E-state index >= 15 is 0 Å². The Balaban J connectivity index is 1.33. The van der Waals surface area contributed by atoms with Gasteiger partial charge in [0.1, 0.15) is 27.6 Å². The first kappa shape index (κ1) is 29.4. The molecule has 0 spiro atoms. The third-order valence-electron chi connectivity index (χ3n) is 7.85. The molecular formula is C29H39FN6O4S. The lowest BCUT2D eigenvalue weighted by molar-refractivity contribution is -0.0262. The Morgan fingerprint density at radius 1 is 1.12 bits per heavy atom. The van der Waals surface area contributed by atoms with Gasteiger partial charge in [-0.25, -0.2) is 22.8 Å². The van der Waals surface area contributed by atoms with E-state index < -0.39 is 22.1 Å². The number of halogens is 1. The molecule has 0 aliphatic carbocycles. The number of aliphatic hydroxyl groups excluding tert-OH is 1. The van der Waals surface area contributed by atoms with Crippen LogP contribution < -0.4 is 15.1 Å². The number of aliphatic hydroxyl groups is 1. The third kappa shape index (κ3) is 6.70. The summed E-state index contributed by atoms with van der Waals surface area (Å²) < 4.78 is 44.2. The molecule has 10 nitrogen and oxygen atoms in total. The molecule has 0 bridgehead atoms. The number of alkyl halides is 1. The lowest BCUT2D eigenvalue weighted by Gasteiger charge is -2.41. The number of ether oxygens (including phenoxy) is 1. The number of rotatable bonds is 11. The molecule has 0 radical (unpaired) electrons. The summed E-state index contributed by atoms with van der Waals surface area (Å²) in [5.41, 5.74) is 2.26. The molecule has 2 atom stereocenters. The summed E-state index contributed by atoms with van der Waals surface area (Å²) in [6, 6.07) is 8.04. The fourth-order valence-electron chi connectivity index (χ4n) is 5.60. The van der Waals surface area contributed by atoms with Crippen LogP contribution in [-0.4, -0.2) is 91.7 Å². The number of aromatic nitrogens is 3. The predicted molar refractivity (Wildman–Crippen MR) is 160 cm³/mol. The molecule has 222 valence electrons. The summed E-state index contributed by atoms with van der Waals surface area (Å²) in [6.45, 7) is 8.11. The molecular weight excluding hydrogens is 547 g/mol. The van der Waals surface area contributed by atoms with Gasteiger partial charge in [-0.15, -0.1) is 0 Å². The molecule has 0 unspecified atom stereocenters. The van der Waals surface area contributed by atoms with Gasteiger partial charge in [0.15, 0.2) is 0 Å².